The minimum absolute atomic E-state index is 0.111. The van der Waals surface area contributed by atoms with Crippen LogP contribution in [0.4, 0.5) is 5.69 Å². The molecule has 1 saturated carbocycles. The molecular formula is C22H22N2O4. The summed E-state index contributed by atoms with van der Waals surface area (Å²) in [5.74, 6) is 1.36. The van der Waals surface area contributed by atoms with Gasteiger partial charge in [0.2, 0.25) is 6.79 Å². The second-order valence-electron chi connectivity index (χ2n) is 8.94. The molecular weight excluding hydrogens is 356 g/mol. The Morgan fingerprint density at radius 3 is 3.11 bits per heavy atom. The SMILES string of the molecule is COC(=O)C1=CC23C=CCN4CCC5(c6ccc7c(c6NC15CC2)OCO7)C43. The number of nitrogens with one attached hydrogen (secondary N) is 1. The standard InChI is InChI=1S/C22H22N2O4/c1-26-18(25)14-11-20-5-2-9-24-10-8-21(19(20)24)13-3-4-15-17(28-12-27-15)16(13)23-22(14,21)7-6-20/h2-5,11,19,23H,6-10,12H2,1H3. The monoisotopic (exact) mass is 378 g/mol. The highest BCUT2D eigenvalue weighted by Crippen LogP contribution is 2.72. The number of hydrogen-bond donors (Lipinski definition) is 1. The highest BCUT2D eigenvalue weighted by Gasteiger charge is 2.76. The summed E-state index contributed by atoms with van der Waals surface area (Å²) in [6.07, 6.45) is 9.82. The van der Waals surface area contributed by atoms with Crippen LogP contribution in [0.2, 0.25) is 0 Å². The predicted molar refractivity (Wildman–Crippen MR) is 101 cm³/mol. The zero-order chi connectivity index (χ0) is 18.7. The lowest BCUT2D eigenvalue weighted by Crippen LogP contribution is -2.72. The van der Waals surface area contributed by atoms with Gasteiger partial charge in [0.15, 0.2) is 11.5 Å². The lowest BCUT2D eigenvalue weighted by Gasteiger charge is -2.63. The Morgan fingerprint density at radius 1 is 1.29 bits per heavy atom. The summed E-state index contributed by atoms with van der Waals surface area (Å²) in [6.45, 7) is 2.26. The number of nitrogens with zero attached hydrogens (tertiary/aromatic N) is 1. The average molecular weight is 378 g/mol. The summed E-state index contributed by atoms with van der Waals surface area (Å²) in [4.78, 5) is 15.6. The fraction of sp³-hybridized carbons (Fsp3) is 0.500. The topological polar surface area (TPSA) is 60.0 Å². The zero-order valence-electron chi connectivity index (χ0n) is 15.8. The van der Waals surface area contributed by atoms with E-state index in [2.05, 4.69) is 34.5 Å². The second-order valence-corrected chi connectivity index (χ2v) is 8.94. The number of esters is 1. The number of carbonyl (C=O) groups excluding carboxylic acids is 1. The third kappa shape index (κ3) is 1.37. The summed E-state index contributed by atoms with van der Waals surface area (Å²) in [5, 5.41) is 3.83. The molecule has 4 atom stereocenters. The second kappa shape index (κ2) is 4.57. The van der Waals surface area contributed by atoms with Crippen molar-refractivity contribution in [2.24, 2.45) is 5.41 Å². The largest absolute Gasteiger partial charge is 0.466 e. The summed E-state index contributed by atoms with van der Waals surface area (Å²) >= 11 is 0. The van der Waals surface area contributed by atoms with Crippen LogP contribution in [0.5, 0.6) is 11.5 Å². The minimum atomic E-state index is -0.449. The molecule has 6 heteroatoms. The molecule has 1 aromatic carbocycles. The summed E-state index contributed by atoms with van der Waals surface area (Å²) in [5.41, 5.74) is 2.35. The van der Waals surface area contributed by atoms with Gasteiger partial charge in [-0.1, -0.05) is 24.3 Å². The smallest absolute Gasteiger partial charge is 0.335 e. The van der Waals surface area contributed by atoms with Crippen molar-refractivity contribution in [3.8, 4) is 11.5 Å². The summed E-state index contributed by atoms with van der Waals surface area (Å²) < 4.78 is 16.8. The van der Waals surface area contributed by atoms with Crippen molar-refractivity contribution in [1.82, 2.24) is 4.90 Å². The lowest BCUT2D eigenvalue weighted by atomic mass is 9.43. The maximum atomic E-state index is 13.0. The van der Waals surface area contributed by atoms with Crippen LogP contribution < -0.4 is 14.8 Å². The Labute approximate surface area is 163 Å². The Kier molecular flexibility index (Phi) is 2.52. The number of anilines is 1. The van der Waals surface area contributed by atoms with Crippen molar-refractivity contribution in [1.29, 1.82) is 0 Å². The molecule has 3 spiro atoms. The van der Waals surface area contributed by atoms with E-state index in [4.69, 9.17) is 14.2 Å². The molecule has 8 rings (SSSR count). The molecule has 6 nitrogen and oxygen atoms in total. The molecule has 3 aliphatic carbocycles. The number of ether oxygens (including phenoxy) is 3. The van der Waals surface area contributed by atoms with Gasteiger partial charge in [-0.15, -0.1) is 0 Å². The average Bonchev–Trinajstić information content (AvgIpc) is 3.42. The predicted octanol–water partition coefficient (Wildman–Crippen LogP) is 2.35. The molecule has 144 valence electrons. The van der Waals surface area contributed by atoms with E-state index < -0.39 is 5.54 Å². The van der Waals surface area contributed by atoms with Crippen molar-refractivity contribution >= 4 is 11.7 Å². The Hall–Kier alpha value is -2.47. The van der Waals surface area contributed by atoms with Gasteiger partial charge in [0, 0.05) is 23.4 Å². The van der Waals surface area contributed by atoms with Crippen LogP contribution >= 0.6 is 0 Å². The molecule has 1 N–H and O–H groups in total. The molecule has 4 unspecified atom stereocenters. The van der Waals surface area contributed by atoms with E-state index >= 15 is 0 Å². The first kappa shape index (κ1) is 15.5. The fourth-order valence-corrected chi connectivity index (χ4v) is 7.43. The Bertz CT molecular complexity index is 1020. The molecule has 1 saturated heterocycles. The molecule has 4 heterocycles. The van der Waals surface area contributed by atoms with E-state index in [0.717, 1.165) is 55.1 Å². The van der Waals surface area contributed by atoms with Crippen LogP contribution in [0.3, 0.4) is 0 Å². The van der Waals surface area contributed by atoms with E-state index in [9.17, 15) is 4.79 Å². The summed E-state index contributed by atoms with van der Waals surface area (Å²) in [6, 6.07) is 4.59. The molecule has 28 heavy (non-hydrogen) atoms. The number of hydrogen-bond acceptors (Lipinski definition) is 6. The molecule has 2 fully saturated rings. The molecule has 0 amide bonds. The van der Waals surface area contributed by atoms with E-state index in [1.165, 1.54) is 12.7 Å². The van der Waals surface area contributed by atoms with Crippen molar-refractivity contribution in [3.05, 3.63) is 41.5 Å². The van der Waals surface area contributed by atoms with Gasteiger partial charge in [0.25, 0.3) is 0 Å². The first-order chi connectivity index (χ1) is 13.7. The van der Waals surface area contributed by atoms with Gasteiger partial charge in [-0.2, -0.15) is 0 Å². The van der Waals surface area contributed by atoms with Crippen LogP contribution in [-0.2, 0) is 14.9 Å². The van der Waals surface area contributed by atoms with Crippen molar-refractivity contribution in [2.75, 3.05) is 32.3 Å². The number of methoxy groups -OCH3 is 1. The highest BCUT2D eigenvalue weighted by atomic mass is 16.7. The number of carbonyl (C=O) groups is 1. The Balaban J connectivity index is 1.58. The molecule has 0 radical (unpaired) electrons. The van der Waals surface area contributed by atoms with Gasteiger partial charge in [-0.05, 0) is 37.4 Å². The lowest BCUT2D eigenvalue weighted by molar-refractivity contribution is -0.138. The number of rotatable bonds is 1. The first-order valence-electron chi connectivity index (χ1n) is 10.1. The van der Waals surface area contributed by atoms with Crippen LogP contribution in [0.25, 0.3) is 0 Å². The maximum absolute atomic E-state index is 13.0. The van der Waals surface area contributed by atoms with Crippen molar-refractivity contribution in [3.63, 3.8) is 0 Å². The van der Waals surface area contributed by atoms with Crippen LogP contribution in [0.15, 0.2) is 35.9 Å². The van der Waals surface area contributed by atoms with Gasteiger partial charge in [0.05, 0.1) is 23.9 Å². The van der Waals surface area contributed by atoms with Gasteiger partial charge in [-0.25, -0.2) is 4.79 Å². The fourth-order valence-electron chi connectivity index (χ4n) is 7.43. The molecule has 7 aliphatic rings. The van der Waals surface area contributed by atoms with E-state index in [1.54, 1.807) is 0 Å². The van der Waals surface area contributed by atoms with Gasteiger partial charge in [-0.3, -0.25) is 4.90 Å². The highest BCUT2D eigenvalue weighted by molar-refractivity contribution is 5.97. The van der Waals surface area contributed by atoms with Crippen LogP contribution in [0, 0.1) is 5.41 Å². The maximum Gasteiger partial charge on any atom is 0.335 e. The zero-order valence-corrected chi connectivity index (χ0v) is 15.8. The van der Waals surface area contributed by atoms with Gasteiger partial charge >= 0.3 is 5.97 Å². The normalized spacial score (nSPS) is 40.5. The van der Waals surface area contributed by atoms with Gasteiger partial charge < -0.3 is 19.5 Å². The quantitative estimate of drug-likeness (QED) is 0.598. The molecule has 1 aromatic rings. The third-order valence-electron chi connectivity index (χ3n) is 8.23. The van der Waals surface area contributed by atoms with Crippen molar-refractivity contribution in [2.45, 2.75) is 36.3 Å². The van der Waals surface area contributed by atoms with Gasteiger partial charge in [0.1, 0.15) is 0 Å². The number of benzene rings is 1. The minimum Gasteiger partial charge on any atom is -0.466 e. The first-order valence-corrected chi connectivity index (χ1v) is 10.1. The molecule has 4 aliphatic heterocycles. The van der Waals surface area contributed by atoms with Crippen molar-refractivity contribution < 1.29 is 19.0 Å². The Morgan fingerprint density at radius 2 is 2.21 bits per heavy atom. The van der Waals surface area contributed by atoms with E-state index in [1.807, 2.05) is 6.07 Å². The number of fused-ring (bicyclic) bond motifs is 4. The third-order valence-corrected chi connectivity index (χ3v) is 8.23. The van der Waals surface area contributed by atoms with E-state index in [-0.39, 0.29) is 23.6 Å². The summed E-state index contributed by atoms with van der Waals surface area (Å²) in [7, 11) is 1.48. The van der Waals surface area contributed by atoms with Crippen LogP contribution in [0.1, 0.15) is 24.8 Å². The molecule has 2 bridgehead atoms. The van der Waals surface area contributed by atoms with Crippen LogP contribution in [-0.4, -0.2) is 49.4 Å². The molecule has 0 aromatic heterocycles. The van der Waals surface area contributed by atoms with E-state index in [0.29, 0.717) is 6.04 Å².